The molecule has 4 rings (SSSR count). The fourth-order valence-corrected chi connectivity index (χ4v) is 3.98. The van der Waals surface area contributed by atoms with Crippen LogP contribution in [0.4, 0.5) is 0 Å². The van der Waals surface area contributed by atoms with Crippen LogP contribution in [0.2, 0.25) is 5.02 Å². The lowest BCUT2D eigenvalue weighted by atomic mass is 10.1. The maximum atomic E-state index is 12.5. The van der Waals surface area contributed by atoms with Crippen LogP contribution in [0.1, 0.15) is 21.5 Å². The molecule has 0 radical (unpaired) electrons. The molecule has 3 aromatic carbocycles. The van der Waals surface area contributed by atoms with Crippen molar-refractivity contribution in [3.8, 4) is 23.3 Å². The maximum absolute atomic E-state index is 12.5. The number of carbonyl (C=O) groups excluding carboxylic acids is 1. The van der Waals surface area contributed by atoms with Crippen molar-refractivity contribution >= 4 is 33.4 Å². The molecule has 1 amide bonds. The van der Waals surface area contributed by atoms with Gasteiger partial charge in [-0.1, -0.05) is 57.6 Å². The average Bonchev–Trinajstić information content (AvgIpc) is 2.99. The third-order valence-corrected chi connectivity index (χ3v) is 5.09. The van der Waals surface area contributed by atoms with Gasteiger partial charge >= 0.3 is 0 Å². The van der Waals surface area contributed by atoms with Gasteiger partial charge in [0.15, 0.2) is 0 Å². The van der Waals surface area contributed by atoms with E-state index in [0.29, 0.717) is 23.7 Å². The van der Waals surface area contributed by atoms with Crippen molar-refractivity contribution in [3.63, 3.8) is 0 Å². The van der Waals surface area contributed by atoms with Crippen LogP contribution >= 0.6 is 27.5 Å². The van der Waals surface area contributed by atoms with Crippen LogP contribution in [0.25, 0.3) is 0 Å². The van der Waals surface area contributed by atoms with Crippen LogP contribution in [0, 0.1) is 11.8 Å². The van der Waals surface area contributed by atoms with Gasteiger partial charge in [0.2, 0.25) is 0 Å². The van der Waals surface area contributed by atoms with Gasteiger partial charge in [-0.15, -0.1) is 0 Å². The second-order valence-electron chi connectivity index (χ2n) is 6.32. The highest BCUT2D eigenvalue weighted by Crippen LogP contribution is 2.32. The first-order valence-electron chi connectivity index (χ1n) is 8.69. The lowest BCUT2D eigenvalue weighted by Gasteiger charge is -2.10. The molecule has 0 aromatic heterocycles. The minimum Gasteiger partial charge on any atom is -0.457 e. The Kier molecular flexibility index (Phi) is 5.38. The SMILES string of the molecule is O=C1c2c(Cl)cc(Br)cc2CN1CC#Cc1ccc(Oc2ccccc2)cc1. The summed E-state index contributed by atoms with van der Waals surface area (Å²) in [6.45, 7) is 0.871. The number of hydrogen-bond donors (Lipinski definition) is 0. The highest BCUT2D eigenvalue weighted by Gasteiger charge is 2.29. The molecule has 138 valence electrons. The van der Waals surface area contributed by atoms with E-state index < -0.39 is 0 Å². The summed E-state index contributed by atoms with van der Waals surface area (Å²) in [6, 6.07) is 20.9. The minimum atomic E-state index is -0.0755. The molecular formula is C23H15BrClNO2. The Balaban J connectivity index is 1.40. The fraction of sp³-hybridized carbons (Fsp3) is 0.0870. The number of halogens is 2. The monoisotopic (exact) mass is 451 g/mol. The zero-order chi connectivity index (χ0) is 19.5. The molecule has 3 nitrogen and oxygen atoms in total. The summed E-state index contributed by atoms with van der Waals surface area (Å²) >= 11 is 9.63. The number of hydrogen-bond acceptors (Lipinski definition) is 2. The number of ether oxygens (including phenoxy) is 1. The lowest BCUT2D eigenvalue weighted by Crippen LogP contribution is -2.24. The molecule has 0 saturated heterocycles. The summed E-state index contributed by atoms with van der Waals surface area (Å²) in [5, 5.41) is 0.471. The third kappa shape index (κ3) is 4.06. The molecule has 0 saturated carbocycles. The first-order chi connectivity index (χ1) is 13.6. The molecule has 0 bridgehead atoms. The normalized spacial score (nSPS) is 12.4. The van der Waals surface area contributed by atoms with Crippen molar-refractivity contribution in [2.24, 2.45) is 0 Å². The maximum Gasteiger partial charge on any atom is 0.256 e. The van der Waals surface area contributed by atoms with Gasteiger partial charge in [0.25, 0.3) is 5.91 Å². The second kappa shape index (κ2) is 8.10. The van der Waals surface area contributed by atoms with Gasteiger partial charge in [-0.3, -0.25) is 4.79 Å². The minimum absolute atomic E-state index is 0.0755. The zero-order valence-corrected chi connectivity index (χ0v) is 17.1. The fourth-order valence-electron chi connectivity index (χ4n) is 3.02. The molecule has 28 heavy (non-hydrogen) atoms. The summed E-state index contributed by atoms with van der Waals surface area (Å²) in [5.74, 6) is 7.63. The molecule has 0 atom stereocenters. The molecule has 1 aliphatic rings. The van der Waals surface area contributed by atoms with Crippen molar-refractivity contribution in [1.29, 1.82) is 0 Å². The molecule has 5 heteroatoms. The van der Waals surface area contributed by atoms with Crippen LogP contribution in [-0.2, 0) is 6.54 Å². The van der Waals surface area contributed by atoms with Crippen LogP contribution in [0.15, 0.2) is 71.2 Å². The second-order valence-corrected chi connectivity index (χ2v) is 7.65. The Morgan fingerprint density at radius 3 is 2.50 bits per heavy atom. The van der Waals surface area contributed by atoms with Crippen molar-refractivity contribution < 1.29 is 9.53 Å². The van der Waals surface area contributed by atoms with Crippen LogP contribution in [-0.4, -0.2) is 17.4 Å². The Morgan fingerprint density at radius 1 is 1.04 bits per heavy atom. The molecule has 0 fully saturated rings. The summed E-state index contributed by atoms with van der Waals surface area (Å²) in [6.07, 6.45) is 0. The Morgan fingerprint density at radius 2 is 1.75 bits per heavy atom. The van der Waals surface area contributed by atoms with E-state index >= 15 is 0 Å². The van der Waals surface area contributed by atoms with E-state index in [1.807, 2.05) is 60.7 Å². The first kappa shape index (κ1) is 18.6. The van der Waals surface area contributed by atoms with E-state index in [2.05, 4.69) is 27.8 Å². The van der Waals surface area contributed by atoms with Crippen molar-refractivity contribution in [2.45, 2.75) is 6.54 Å². The van der Waals surface area contributed by atoms with Crippen molar-refractivity contribution in [1.82, 2.24) is 4.90 Å². The van der Waals surface area contributed by atoms with E-state index in [9.17, 15) is 4.79 Å². The van der Waals surface area contributed by atoms with Gasteiger partial charge in [-0.2, -0.15) is 0 Å². The summed E-state index contributed by atoms with van der Waals surface area (Å²) < 4.78 is 6.64. The third-order valence-electron chi connectivity index (χ3n) is 4.33. The average molecular weight is 453 g/mol. The number of nitrogens with zero attached hydrogens (tertiary/aromatic N) is 1. The van der Waals surface area contributed by atoms with Gasteiger partial charge < -0.3 is 9.64 Å². The van der Waals surface area contributed by atoms with Crippen LogP contribution in [0.3, 0.4) is 0 Å². The molecule has 1 heterocycles. The predicted octanol–water partition coefficient (Wildman–Crippen LogP) is 5.90. The largest absolute Gasteiger partial charge is 0.457 e. The standard InChI is InChI=1S/C23H15BrClNO2/c24-18-13-17-15-26(23(27)22(17)21(25)14-18)12-4-5-16-8-10-20(11-9-16)28-19-6-2-1-3-7-19/h1-3,6-11,13-14H,12,15H2. The lowest BCUT2D eigenvalue weighted by molar-refractivity contribution is 0.0799. The number of rotatable bonds is 3. The van der Waals surface area contributed by atoms with Gasteiger partial charge in [-0.05, 0) is 54.1 Å². The molecule has 1 aliphatic heterocycles. The smallest absolute Gasteiger partial charge is 0.256 e. The molecule has 0 unspecified atom stereocenters. The molecular weight excluding hydrogens is 438 g/mol. The highest BCUT2D eigenvalue weighted by atomic mass is 79.9. The molecule has 3 aromatic rings. The van der Waals surface area contributed by atoms with Gasteiger partial charge in [0.1, 0.15) is 11.5 Å². The molecule has 0 aliphatic carbocycles. The van der Waals surface area contributed by atoms with Crippen molar-refractivity contribution in [2.75, 3.05) is 6.54 Å². The first-order valence-corrected chi connectivity index (χ1v) is 9.86. The Bertz CT molecular complexity index is 1090. The number of fused-ring (bicyclic) bond motifs is 1. The van der Waals surface area contributed by atoms with E-state index in [1.54, 1.807) is 11.0 Å². The Labute approximate surface area is 177 Å². The van der Waals surface area contributed by atoms with E-state index in [0.717, 1.165) is 27.1 Å². The van der Waals surface area contributed by atoms with Crippen molar-refractivity contribution in [3.05, 3.63) is 92.9 Å². The van der Waals surface area contributed by atoms with Crippen LogP contribution < -0.4 is 4.74 Å². The van der Waals surface area contributed by atoms with E-state index in [1.165, 1.54) is 0 Å². The summed E-state index contributed by atoms with van der Waals surface area (Å²) in [4.78, 5) is 14.2. The van der Waals surface area contributed by atoms with Gasteiger partial charge in [-0.25, -0.2) is 0 Å². The Hall–Kier alpha value is -2.74. The number of para-hydroxylation sites is 1. The van der Waals surface area contributed by atoms with E-state index in [-0.39, 0.29) is 5.91 Å². The highest BCUT2D eigenvalue weighted by molar-refractivity contribution is 9.10. The summed E-state index contributed by atoms with van der Waals surface area (Å²) in [7, 11) is 0. The zero-order valence-electron chi connectivity index (χ0n) is 14.8. The van der Waals surface area contributed by atoms with E-state index in [4.69, 9.17) is 16.3 Å². The molecule has 0 spiro atoms. The predicted molar refractivity (Wildman–Crippen MR) is 114 cm³/mol. The molecule has 0 N–H and O–H groups in total. The van der Waals surface area contributed by atoms with Crippen LogP contribution in [0.5, 0.6) is 11.5 Å². The summed E-state index contributed by atoms with van der Waals surface area (Å²) in [5.41, 5.74) is 2.37. The topological polar surface area (TPSA) is 29.5 Å². The number of benzene rings is 3. The quantitative estimate of drug-likeness (QED) is 0.463. The number of amides is 1. The van der Waals surface area contributed by atoms with Gasteiger partial charge in [0, 0.05) is 16.6 Å². The number of carbonyl (C=O) groups is 1. The van der Waals surface area contributed by atoms with Gasteiger partial charge in [0.05, 0.1) is 17.1 Å².